The van der Waals surface area contributed by atoms with E-state index in [1.54, 1.807) is 31.2 Å². The van der Waals surface area contributed by atoms with Gasteiger partial charge in [-0.15, -0.1) is 12.6 Å². The van der Waals surface area contributed by atoms with E-state index in [2.05, 4.69) is 12.6 Å². The maximum absolute atomic E-state index is 9.43. The van der Waals surface area contributed by atoms with Gasteiger partial charge in [-0.2, -0.15) is 0 Å². The van der Waals surface area contributed by atoms with Crippen LogP contribution in [0.15, 0.2) is 35.3 Å². The van der Waals surface area contributed by atoms with Crippen molar-refractivity contribution in [3.05, 3.63) is 35.3 Å². The van der Waals surface area contributed by atoms with Gasteiger partial charge in [0.2, 0.25) is 0 Å². The molecule has 0 amide bonds. The summed E-state index contributed by atoms with van der Waals surface area (Å²) in [6.07, 6.45) is 8.83. The van der Waals surface area contributed by atoms with Gasteiger partial charge in [0.15, 0.2) is 0 Å². The molecule has 0 spiro atoms. The van der Waals surface area contributed by atoms with Crippen LogP contribution in [0.1, 0.15) is 6.92 Å². The van der Waals surface area contributed by atoms with Gasteiger partial charge >= 0.3 is 0 Å². The second-order valence-electron chi connectivity index (χ2n) is 2.51. The van der Waals surface area contributed by atoms with Crippen molar-refractivity contribution in [2.75, 3.05) is 0 Å². The summed E-state index contributed by atoms with van der Waals surface area (Å²) in [6, 6.07) is 0. The molecule has 1 nitrogen and oxygen atoms in total. The van der Waals surface area contributed by atoms with E-state index in [0.29, 0.717) is 0 Å². The molecule has 54 valence electrons. The normalized spacial score (nSPS) is 31.7. The van der Waals surface area contributed by atoms with Crippen LogP contribution in [0.25, 0.3) is 0 Å². The van der Waals surface area contributed by atoms with Crippen LogP contribution in [-0.4, -0.2) is 10.7 Å². The first-order valence-corrected chi connectivity index (χ1v) is 3.55. The minimum atomic E-state index is -0.818. The standard InChI is InChI=1S/C8H10OS/c1-8(9)5-2-3-7(10)4-6-8/h2-6,9-10H,1H3. The molecule has 0 aromatic rings. The molecule has 0 saturated carbocycles. The summed E-state index contributed by atoms with van der Waals surface area (Å²) in [5.74, 6) is 0. The molecule has 1 aliphatic carbocycles. The van der Waals surface area contributed by atoms with Crippen molar-refractivity contribution in [2.24, 2.45) is 0 Å². The summed E-state index contributed by atoms with van der Waals surface area (Å²) < 4.78 is 0. The number of hydrogen-bond acceptors (Lipinski definition) is 2. The summed E-state index contributed by atoms with van der Waals surface area (Å²) >= 11 is 4.12. The molecule has 0 heterocycles. The zero-order valence-electron chi connectivity index (χ0n) is 5.78. The molecule has 1 unspecified atom stereocenters. The molecule has 0 aliphatic heterocycles. The van der Waals surface area contributed by atoms with Crippen LogP contribution in [-0.2, 0) is 0 Å². The van der Waals surface area contributed by atoms with E-state index in [-0.39, 0.29) is 0 Å². The third-order valence-electron chi connectivity index (χ3n) is 1.29. The van der Waals surface area contributed by atoms with Gasteiger partial charge in [0, 0.05) is 4.91 Å². The predicted octanol–water partition coefficient (Wildman–Crippen LogP) is 1.68. The number of thiol groups is 1. The highest BCUT2D eigenvalue weighted by Crippen LogP contribution is 2.15. The first-order valence-electron chi connectivity index (χ1n) is 3.10. The number of allylic oxidation sites excluding steroid dienone is 3. The molecule has 10 heavy (non-hydrogen) atoms. The fraction of sp³-hybridized carbons (Fsp3) is 0.250. The lowest BCUT2D eigenvalue weighted by atomic mass is 10.1. The monoisotopic (exact) mass is 154 g/mol. The second-order valence-corrected chi connectivity index (χ2v) is 3.03. The highest BCUT2D eigenvalue weighted by atomic mass is 32.1. The summed E-state index contributed by atoms with van der Waals surface area (Å²) in [5, 5.41) is 9.43. The van der Waals surface area contributed by atoms with Crippen molar-refractivity contribution in [2.45, 2.75) is 12.5 Å². The molecular formula is C8H10OS. The Bertz CT molecular complexity index is 211. The summed E-state index contributed by atoms with van der Waals surface area (Å²) in [5.41, 5.74) is -0.818. The summed E-state index contributed by atoms with van der Waals surface area (Å²) in [6.45, 7) is 1.72. The lowest BCUT2D eigenvalue weighted by molar-refractivity contribution is 0.164. The van der Waals surface area contributed by atoms with E-state index in [9.17, 15) is 5.11 Å². The minimum absolute atomic E-state index is 0.818. The highest BCUT2D eigenvalue weighted by molar-refractivity contribution is 7.84. The average Bonchev–Trinajstić information content (AvgIpc) is 1.94. The molecule has 1 N–H and O–H groups in total. The van der Waals surface area contributed by atoms with Crippen LogP contribution >= 0.6 is 12.6 Å². The van der Waals surface area contributed by atoms with Crippen LogP contribution in [0, 0.1) is 0 Å². The third-order valence-corrected chi connectivity index (χ3v) is 1.59. The van der Waals surface area contributed by atoms with Gasteiger partial charge in [0.05, 0.1) is 5.60 Å². The fourth-order valence-corrected chi connectivity index (χ4v) is 0.867. The van der Waals surface area contributed by atoms with Crippen molar-refractivity contribution in [1.29, 1.82) is 0 Å². The van der Waals surface area contributed by atoms with E-state index in [1.807, 2.05) is 6.08 Å². The van der Waals surface area contributed by atoms with Gasteiger partial charge in [-0.1, -0.05) is 6.08 Å². The molecular weight excluding hydrogens is 144 g/mol. The lowest BCUT2D eigenvalue weighted by Crippen LogP contribution is -2.15. The molecule has 1 rings (SSSR count). The topological polar surface area (TPSA) is 20.2 Å². The molecule has 0 saturated heterocycles. The van der Waals surface area contributed by atoms with Crippen LogP contribution in [0.5, 0.6) is 0 Å². The SMILES string of the molecule is CC1(O)C=CC=C(S)C=C1. The zero-order chi connectivity index (χ0) is 7.61. The fourth-order valence-electron chi connectivity index (χ4n) is 0.707. The van der Waals surface area contributed by atoms with Gasteiger partial charge in [-0.05, 0) is 31.2 Å². The molecule has 0 radical (unpaired) electrons. The molecule has 1 atom stereocenters. The highest BCUT2D eigenvalue weighted by Gasteiger charge is 2.11. The van der Waals surface area contributed by atoms with Crippen LogP contribution in [0.3, 0.4) is 0 Å². The first-order chi connectivity index (χ1) is 4.60. The van der Waals surface area contributed by atoms with E-state index in [1.165, 1.54) is 0 Å². The van der Waals surface area contributed by atoms with Crippen molar-refractivity contribution < 1.29 is 5.11 Å². The maximum Gasteiger partial charge on any atom is 0.0987 e. The Morgan fingerprint density at radius 1 is 1.50 bits per heavy atom. The molecule has 0 fully saturated rings. The van der Waals surface area contributed by atoms with Crippen LogP contribution in [0.4, 0.5) is 0 Å². The quantitative estimate of drug-likeness (QED) is 0.509. The Kier molecular flexibility index (Phi) is 2.02. The first kappa shape index (κ1) is 7.63. The van der Waals surface area contributed by atoms with Crippen molar-refractivity contribution in [3.8, 4) is 0 Å². The average molecular weight is 154 g/mol. The molecule has 0 aromatic heterocycles. The van der Waals surface area contributed by atoms with Gasteiger partial charge in [-0.3, -0.25) is 0 Å². The van der Waals surface area contributed by atoms with Crippen LogP contribution < -0.4 is 0 Å². The van der Waals surface area contributed by atoms with Gasteiger partial charge in [0.1, 0.15) is 0 Å². The van der Waals surface area contributed by atoms with Gasteiger partial charge in [0.25, 0.3) is 0 Å². The molecule has 0 aromatic carbocycles. The molecule has 0 bridgehead atoms. The summed E-state index contributed by atoms with van der Waals surface area (Å²) in [4.78, 5) is 0.856. The minimum Gasteiger partial charge on any atom is -0.382 e. The number of aliphatic hydroxyl groups is 1. The number of rotatable bonds is 0. The molecule has 2 heteroatoms. The van der Waals surface area contributed by atoms with E-state index < -0.39 is 5.60 Å². The van der Waals surface area contributed by atoms with E-state index in [4.69, 9.17) is 0 Å². The third kappa shape index (κ3) is 2.05. The van der Waals surface area contributed by atoms with Crippen molar-refractivity contribution in [1.82, 2.24) is 0 Å². The Morgan fingerprint density at radius 3 is 2.90 bits per heavy atom. The van der Waals surface area contributed by atoms with Crippen molar-refractivity contribution >= 4 is 12.6 Å². The molecule has 1 aliphatic rings. The maximum atomic E-state index is 9.43. The lowest BCUT2D eigenvalue weighted by Gasteiger charge is -2.10. The smallest absolute Gasteiger partial charge is 0.0987 e. The Labute approximate surface area is 66.2 Å². The Morgan fingerprint density at radius 2 is 2.20 bits per heavy atom. The largest absolute Gasteiger partial charge is 0.382 e. The summed E-state index contributed by atoms with van der Waals surface area (Å²) in [7, 11) is 0. The zero-order valence-corrected chi connectivity index (χ0v) is 6.68. The van der Waals surface area contributed by atoms with E-state index >= 15 is 0 Å². The predicted molar refractivity (Wildman–Crippen MR) is 46.0 cm³/mol. The Hall–Kier alpha value is -0.470. The van der Waals surface area contributed by atoms with Crippen molar-refractivity contribution in [3.63, 3.8) is 0 Å². The van der Waals surface area contributed by atoms with E-state index in [0.717, 1.165) is 4.91 Å². The number of hydrogen-bond donors (Lipinski definition) is 2. The Balaban J connectivity index is 2.88. The second kappa shape index (κ2) is 2.64. The van der Waals surface area contributed by atoms with Gasteiger partial charge in [-0.25, -0.2) is 0 Å². The van der Waals surface area contributed by atoms with Crippen LogP contribution in [0.2, 0.25) is 0 Å². The van der Waals surface area contributed by atoms with Gasteiger partial charge < -0.3 is 5.11 Å².